The average molecular weight is 453 g/mol. The summed E-state index contributed by atoms with van der Waals surface area (Å²) in [4.78, 5) is 25.8. The summed E-state index contributed by atoms with van der Waals surface area (Å²) < 4.78 is 11.7. The second-order valence-electron chi connectivity index (χ2n) is 9.15. The van der Waals surface area contributed by atoms with Crippen molar-refractivity contribution in [3.8, 4) is 5.75 Å². The number of hydrogen-bond donors (Lipinski definition) is 2. The van der Waals surface area contributed by atoms with E-state index in [1.165, 1.54) is 0 Å². The van der Waals surface area contributed by atoms with Crippen LogP contribution in [0.15, 0.2) is 41.0 Å². The minimum Gasteiger partial charge on any atom is -0.492 e. The highest BCUT2D eigenvalue weighted by Crippen LogP contribution is 2.36. The van der Waals surface area contributed by atoms with Crippen LogP contribution in [0.5, 0.6) is 5.75 Å². The van der Waals surface area contributed by atoms with Crippen LogP contribution >= 0.6 is 0 Å². The van der Waals surface area contributed by atoms with Gasteiger partial charge in [-0.05, 0) is 61.2 Å². The highest BCUT2D eigenvalue weighted by atomic mass is 16.5. The average Bonchev–Trinajstić information content (AvgIpc) is 3.25. The molecule has 0 spiro atoms. The molecule has 2 heterocycles. The van der Waals surface area contributed by atoms with E-state index in [4.69, 9.17) is 9.15 Å². The Balaban J connectivity index is 1.48. The molecule has 0 saturated carbocycles. The summed E-state index contributed by atoms with van der Waals surface area (Å²) in [5, 5.41) is 15.6. The van der Waals surface area contributed by atoms with E-state index in [9.17, 15) is 14.7 Å². The van der Waals surface area contributed by atoms with Gasteiger partial charge in [0.15, 0.2) is 0 Å². The summed E-state index contributed by atoms with van der Waals surface area (Å²) in [6, 6.07) is 9.86. The van der Waals surface area contributed by atoms with Crippen LogP contribution in [0.3, 0.4) is 0 Å². The molecule has 2 N–H and O–H groups in total. The first-order valence-electron chi connectivity index (χ1n) is 11.6. The normalized spacial score (nSPS) is 17.2. The van der Waals surface area contributed by atoms with Crippen LogP contribution in [-0.2, 0) is 9.59 Å². The number of aldehydes is 1. The van der Waals surface area contributed by atoms with Crippen molar-refractivity contribution in [2.45, 2.75) is 44.1 Å². The van der Waals surface area contributed by atoms with Crippen molar-refractivity contribution in [3.63, 3.8) is 0 Å². The fourth-order valence-electron chi connectivity index (χ4n) is 4.49. The quantitative estimate of drug-likeness (QED) is 0.482. The van der Waals surface area contributed by atoms with Crippen molar-refractivity contribution >= 4 is 33.9 Å². The zero-order chi connectivity index (χ0) is 23.4. The minimum atomic E-state index is -0.543. The monoisotopic (exact) mass is 452 g/mol. The van der Waals surface area contributed by atoms with E-state index < -0.39 is 11.5 Å². The van der Waals surface area contributed by atoms with Gasteiger partial charge in [-0.2, -0.15) is 0 Å². The third-order valence-electron chi connectivity index (χ3n) is 6.69. The molecule has 1 fully saturated rings. The number of carbonyl (C=O) groups is 2. The number of fused-ring (bicyclic) bond motifs is 3. The lowest BCUT2D eigenvalue weighted by Gasteiger charge is -2.35. The molecule has 3 aromatic rings. The molecule has 1 atom stereocenters. The Hall–Kier alpha value is -2.90. The fraction of sp³-hybridized carbons (Fsp3) is 0.462. The van der Waals surface area contributed by atoms with Crippen LogP contribution in [0.25, 0.3) is 21.7 Å². The second-order valence-corrected chi connectivity index (χ2v) is 9.15. The van der Waals surface area contributed by atoms with Gasteiger partial charge in [0, 0.05) is 50.0 Å². The Morgan fingerprint density at radius 1 is 1.30 bits per heavy atom. The molecular formula is C26H32N2O5. The van der Waals surface area contributed by atoms with Crippen LogP contribution in [-0.4, -0.2) is 61.1 Å². The molecule has 0 aliphatic carbocycles. The minimum absolute atomic E-state index is 0.0868. The maximum absolute atomic E-state index is 11.8. The first-order valence-corrected chi connectivity index (χ1v) is 11.6. The number of rotatable bonds is 9. The molecule has 1 saturated heterocycles. The lowest BCUT2D eigenvalue weighted by molar-refractivity contribution is -0.120. The molecular weight excluding hydrogens is 420 g/mol. The Morgan fingerprint density at radius 2 is 2.09 bits per heavy atom. The van der Waals surface area contributed by atoms with Crippen molar-refractivity contribution in [2.75, 3.05) is 33.3 Å². The summed E-state index contributed by atoms with van der Waals surface area (Å²) in [6.07, 6.45) is 4.82. The standard InChI is InChI=1S/C26H32N2O5/c1-26(31)9-11-28(12-10-26)13-14-32-20-5-6-21-18(15-20)3-7-23-25(21)22(17-33-23)19(16-29)4-8-24(30)27-2/h3,5-7,15-17,19,31H,4,8-14H2,1-2H3,(H,27,30). The highest BCUT2D eigenvalue weighted by molar-refractivity contribution is 6.08. The number of aliphatic hydroxyl groups is 1. The van der Waals surface area contributed by atoms with Gasteiger partial charge in [0.2, 0.25) is 5.91 Å². The zero-order valence-electron chi connectivity index (χ0n) is 19.3. The summed E-state index contributed by atoms with van der Waals surface area (Å²) >= 11 is 0. The number of benzene rings is 2. The third kappa shape index (κ3) is 5.37. The lowest BCUT2D eigenvalue weighted by atomic mass is 9.92. The van der Waals surface area contributed by atoms with Crippen LogP contribution < -0.4 is 10.1 Å². The van der Waals surface area contributed by atoms with Crippen molar-refractivity contribution in [3.05, 3.63) is 42.2 Å². The molecule has 1 aromatic heterocycles. The molecule has 33 heavy (non-hydrogen) atoms. The topological polar surface area (TPSA) is 92.0 Å². The number of ether oxygens (including phenoxy) is 1. The van der Waals surface area contributed by atoms with E-state index >= 15 is 0 Å². The molecule has 1 aliphatic heterocycles. The van der Waals surface area contributed by atoms with Gasteiger partial charge in [0.25, 0.3) is 0 Å². The number of likely N-dealkylation sites (tertiary alicyclic amines) is 1. The molecule has 176 valence electrons. The van der Waals surface area contributed by atoms with Gasteiger partial charge in [-0.3, -0.25) is 9.69 Å². The van der Waals surface area contributed by atoms with Gasteiger partial charge >= 0.3 is 0 Å². The molecule has 0 bridgehead atoms. The molecule has 7 heteroatoms. The smallest absolute Gasteiger partial charge is 0.219 e. The zero-order valence-corrected chi connectivity index (χ0v) is 19.3. The van der Waals surface area contributed by atoms with Crippen LogP contribution in [0.2, 0.25) is 0 Å². The van der Waals surface area contributed by atoms with Crippen molar-refractivity contribution in [1.82, 2.24) is 10.2 Å². The molecule has 2 aromatic carbocycles. The fourth-order valence-corrected chi connectivity index (χ4v) is 4.49. The number of amides is 1. The highest BCUT2D eigenvalue weighted by Gasteiger charge is 2.27. The summed E-state index contributed by atoms with van der Waals surface area (Å²) in [5.74, 6) is 0.300. The number of furan rings is 1. The van der Waals surface area contributed by atoms with E-state index in [0.717, 1.165) is 71.8 Å². The Kier molecular flexibility index (Phi) is 7.00. The van der Waals surface area contributed by atoms with Gasteiger partial charge in [-0.1, -0.05) is 6.07 Å². The van der Waals surface area contributed by atoms with E-state index in [1.807, 2.05) is 37.3 Å². The molecule has 0 radical (unpaired) electrons. The number of nitrogens with zero attached hydrogens (tertiary/aromatic N) is 1. The number of nitrogens with one attached hydrogen (secondary N) is 1. The first kappa shape index (κ1) is 23.3. The summed E-state index contributed by atoms with van der Waals surface area (Å²) in [7, 11) is 1.59. The maximum atomic E-state index is 11.8. The summed E-state index contributed by atoms with van der Waals surface area (Å²) in [5.41, 5.74) is 0.987. The van der Waals surface area contributed by atoms with E-state index in [2.05, 4.69) is 10.2 Å². The van der Waals surface area contributed by atoms with Gasteiger partial charge in [0.1, 0.15) is 24.2 Å². The van der Waals surface area contributed by atoms with Crippen molar-refractivity contribution < 1.29 is 23.8 Å². The molecule has 1 aliphatic rings. The van der Waals surface area contributed by atoms with E-state index in [1.54, 1.807) is 13.3 Å². The van der Waals surface area contributed by atoms with E-state index in [-0.39, 0.29) is 12.3 Å². The Labute approximate surface area is 193 Å². The molecule has 1 unspecified atom stereocenters. The number of carbonyl (C=O) groups excluding carboxylic acids is 2. The predicted molar refractivity (Wildman–Crippen MR) is 128 cm³/mol. The van der Waals surface area contributed by atoms with Gasteiger partial charge in [-0.15, -0.1) is 0 Å². The first-order chi connectivity index (χ1) is 15.9. The summed E-state index contributed by atoms with van der Waals surface area (Å²) in [6.45, 7) is 5.07. The third-order valence-corrected chi connectivity index (χ3v) is 6.69. The van der Waals surface area contributed by atoms with E-state index in [0.29, 0.717) is 13.0 Å². The number of hydrogen-bond acceptors (Lipinski definition) is 6. The van der Waals surface area contributed by atoms with Crippen LogP contribution in [0.1, 0.15) is 44.1 Å². The van der Waals surface area contributed by atoms with Gasteiger partial charge < -0.3 is 24.4 Å². The molecule has 4 rings (SSSR count). The molecule has 1 amide bonds. The Bertz CT molecular complexity index is 1130. The van der Waals surface area contributed by atoms with Gasteiger partial charge in [0.05, 0.1) is 11.9 Å². The second kappa shape index (κ2) is 9.93. The predicted octanol–water partition coefficient (Wildman–Crippen LogP) is 3.62. The maximum Gasteiger partial charge on any atom is 0.219 e. The van der Waals surface area contributed by atoms with Crippen molar-refractivity contribution in [1.29, 1.82) is 0 Å². The largest absolute Gasteiger partial charge is 0.492 e. The lowest BCUT2D eigenvalue weighted by Crippen LogP contribution is -2.43. The van der Waals surface area contributed by atoms with Gasteiger partial charge in [-0.25, -0.2) is 0 Å². The van der Waals surface area contributed by atoms with Crippen LogP contribution in [0, 0.1) is 0 Å². The van der Waals surface area contributed by atoms with Crippen LogP contribution in [0.4, 0.5) is 0 Å². The Morgan fingerprint density at radius 3 is 2.82 bits per heavy atom. The molecule has 7 nitrogen and oxygen atoms in total. The SMILES string of the molecule is CNC(=O)CCC(C=O)c1coc2ccc3cc(OCCN4CCC(C)(O)CC4)ccc3c12. The van der Waals surface area contributed by atoms with Crippen molar-refractivity contribution in [2.24, 2.45) is 0 Å². The number of piperidine rings is 1.